The molecule has 0 aromatic carbocycles. The van der Waals surface area contributed by atoms with Crippen molar-refractivity contribution >= 4 is 12.3 Å². The Morgan fingerprint density at radius 2 is 1.50 bits per heavy atom. The number of rotatable bonds is 0. The fraction of sp³-hybridized carbons (Fsp3) is 0. The van der Waals surface area contributed by atoms with Crippen molar-refractivity contribution in [2.24, 2.45) is 0 Å². The van der Waals surface area contributed by atoms with Gasteiger partial charge in [-0.15, -0.1) is 0 Å². The molecule has 0 amide bonds. The summed E-state index contributed by atoms with van der Waals surface area (Å²) in [6.45, 7) is 0. The Kier molecular flexibility index (Phi) is 20.2. The van der Waals surface area contributed by atoms with Gasteiger partial charge in [-0.2, -0.15) is 0 Å². The average molecular weight is 74.0 g/mol. The largest absolute Gasteiger partial charge is 1.00 e. The van der Waals surface area contributed by atoms with E-state index in [9.17, 15) is 0 Å². The van der Waals surface area contributed by atoms with E-state index in [1.807, 2.05) is 0 Å². The molecule has 0 unspecified atom stereocenters. The molecule has 0 heterocycles. The molecule has 0 radical (unpaired) electrons. The summed E-state index contributed by atoms with van der Waals surface area (Å²) < 4.78 is 14.1. The van der Waals surface area contributed by atoms with Crippen LogP contribution in [0.4, 0.5) is 0 Å². The minimum atomic E-state index is -0.250. The topological polar surface area (TPSA) is 40.5 Å². The summed E-state index contributed by atoms with van der Waals surface area (Å²) in [5.41, 5.74) is 0. The molecule has 4 heteroatoms. The molecule has 0 saturated carbocycles. The Morgan fingerprint density at radius 1 is 1.50 bits per heavy atom. The second-order valence-corrected chi connectivity index (χ2v) is 0.245. The molecule has 2 nitrogen and oxygen atoms in total. The zero-order valence-corrected chi connectivity index (χ0v) is 3.12. The second-order valence-electron chi connectivity index (χ2n) is 0.0816. The molecule has 0 bridgehead atoms. The van der Waals surface area contributed by atoms with Crippen molar-refractivity contribution in [3.63, 3.8) is 0 Å². The van der Waals surface area contributed by atoms with Crippen molar-refractivity contribution in [2.75, 3.05) is 0 Å². The van der Waals surface area contributed by atoms with Crippen molar-refractivity contribution < 1.29 is 29.4 Å². The molecule has 0 aliphatic carbocycles. The molecule has 0 fully saturated rings. The van der Waals surface area contributed by atoms with Crippen LogP contribution in [0.25, 0.3) is 0 Å². The quantitative estimate of drug-likeness (QED) is 0.252. The Morgan fingerprint density at radius 3 is 1.50 bits per heavy atom. The Labute approximate surface area is 42.3 Å². The fourth-order valence-corrected chi connectivity index (χ4v) is 0. The first-order chi connectivity index (χ1) is 1.41. The molecular formula is H3LiO2S. The van der Waals surface area contributed by atoms with E-state index in [4.69, 9.17) is 9.11 Å². The van der Waals surface area contributed by atoms with E-state index < -0.39 is 0 Å². The molecule has 4 heavy (non-hydrogen) atoms. The molecule has 0 spiro atoms. The van der Waals surface area contributed by atoms with E-state index in [2.05, 4.69) is 0 Å². The Balaban J connectivity index is -0.0000000200. The smallest absolute Gasteiger partial charge is 1.00 e. The molecule has 0 aromatic rings. The normalized spacial score (nSPS) is 4.50. The molecule has 0 atom stereocenters. The minimum Gasteiger partial charge on any atom is -1.00 e. The predicted octanol–water partition coefficient (Wildman–Crippen LogP) is -2.22. The van der Waals surface area contributed by atoms with Crippen molar-refractivity contribution in [1.29, 1.82) is 0 Å². The predicted molar refractivity (Wildman–Crippen MR) is 14.0 cm³/mol. The van der Waals surface area contributed by atoms with Crippen LogP contribution in [0.15, 0.2) is 0 Å². The molecule has 0 aromatic heterocycles. The van der Waals surface area contributed by atoms with Crippen molar-refractivity contribution in [3.8, 4) is 0 Å². The van der Waals surface area contributed by atoms with Gasteiger partial charge >= 0.3 is 18.9 Å². The first-order valence-corrected chi connectivity index (χ1v) is 1.10. The van der Waals surface area contributed by atoms with Gasteiger partial charge in [0.2, 0.25) is 0 Å². The maximum absolute atomic E-state index is 7.04. The van der Waals surface area contributed by atoms with Crippen LogP contribution in [0, 0.1) is 0 Å². The van der Waals surface area contributed by atoms with Crippen LogP contribution in [0.2, 0.25) is 0 Å². The Hall–Kier alpha value is 0.867. The van der Waals surface area contributed by atoms with Crippen LogP contribution in [-0.4, -0.2) is 9.11 Å². The van der Waals surface area contributed by atoms with Gasteiger partial charge in [-0.1, -0.05) is 0 Å². The van der Waals surface area contributed by atoms with Crippen molar-refractivity contribution in [3.05, 3.63) is 0 Å². The summed E-state index contributed by atoms with van der Waals surface area (Å²) in [6.07, 6.45) is 0. The average Bonchev–Trinajstić information content (AvgIpc) is 0.918. The third-order valence-corrected chi connectivity index (χ3v) is 0. The summed E-state index contributed by atoms with van der Waals surface area (Å²) in [5.74, 6) is 0. The van der Waals surface area contributed by atoms with Gasteiger partial charge in [0.25, 0.3) is 0 Å². The second kappa shape index (κ2) is 9.12. The van der Waals surface area contributed by atoms with Crippen LogP contribution >= 0.6 is 12.3 Å². The molecule has 0 rings (SSSR count). The molecule has 2 N–H and O–H groups in total. The molecule has 0 saturated heterocycles. The molecule has 0 aliphatic rings. The van der Waals surface area contributed by atoms with Crippen LogP contribution < -0.4 is 18.9 Å². The monoisotopic (exact) mass is 74.0 g/mol. The third kappa shape index (κ3) is 13.3. The number of hydrogen-bond donors (Lipinski definition) is 2. The van der Waals surface area contributed by atoms with Gasteiger partial charge in [0.1, 0.15) is 0 Å². The zero-order chi connectivity index (χ0) is 2.71. The SMILES string of the molecule is OSO.[H-].[Li+]. The summed E-state index contributed by atoms with van der Waals surface area (Å²) in [4.78, 5) is 0. The summed E-state index contributed by atoms with van der Waals surface area (Å²) in [6, 6.07) is 0. The molecule has 0 aliphatic heterocycles. The molecule has 22 valence electrons. The van der Waals surface area contributed by atoms with Gasteiger partial charge in [-0.25, -0.2) is 0 Å². The first kappa shape index (κ1) is 8.85. The van der Waals surface area contributed by atoms with E-state index >= 15 is 0 Å². The minimum absolute atomic E-state index is 0. The van der Waals surface area contributed by atoms with Gasteiger partial charge in [0.15, 0.2) is 12.3 Å². The zero-order valence-electron chi connectivity index (χ0n) is 3.30. The van der Waals surface area contributed by atoms with E-state index in [1.165, 1.54) is 0 Å². The van der Waals surface area contributed by atoms with Gasteiger partial charge < -0.3 is 10.5 Å². The molecular weight excluding hydrogens is 71.0 g/mol. The van der Waals surface area contributed by atoms with E-state index in [1.54, 1.807) is 0 Å². The summed E-state index contributed by atoms with van der Waals surface area (Å²) >= 11 is -0.250. The standard InChI is InChI=1S/Li.H2O2S.H/c;1-3-2;/h;1-2H;/q+1;;-1. The number of hydrogen-bond acceptors (Lipinski definition) is 3. The first-order valence-electron chi connectivity index (χ1n) is 0.365. The van der Waals surface area contributed by atoms with Gasteiger partial charge in [-0.05, 0) is 0 Å². The van der Waals surface area contributed by atoms with Gasteiger partial charge in [0.05, 0.1) is 0 Å². The maximum Gasteiger partial charge on any atom is 1.00 e. The third-order valence-electron chi connectivity index (χ3n) is 0. The Bertz CT molecular complexity index is 9.61. The van der Waals surface area contributed by atoms with E-state index in [0.29, 0.717) is 0 Å². The van der Waals surface area contributed by atoms with Crippen LogP contribution in [-0.2, 0) is 0 Å². The maximum atomic E-state index is 7.04. The van der Waals surface area contributed by atoms with Crippen LogP contribution in [0.5, 0.6) is 0 Å². The van der Waals surface area contributed by atoms with Crippen LogP contribution in [0.3, 0.4) is 0 Å². The van der Waals surface area contributed by atoms with E-state index in [0.717, 1.165) is 0 Å². The van der Waals surface area contributed by atoms with Crippen molar-refractivity contribution in [1.82, 2.24) is 0 Å². The van der Waals surface area contributed by atoms with E-state index in [-0.39, 0.29) is 32.6 Å². The van der Waals surface area contributed by atoms with Crippen LogP contribution in [0.1, 0.15) is 1.43 Å². The van der Waals surface area contributed by atoms with Gasteiger partial charge in [-0.3, -0.25) is 0 Å². The summed E-state index contributed by atoms with van der Waals surface area (Å²) in [7, 11) is 0. The van der Waals surface area contributed by atoms with Crippen molar-refractivity contribution in [2.45, 2.75) is 0 Å². The fourth-order valence-electron chi connectivity index (χ4n) is 0. The van der Waals surface area contributed by atoms with Gasteiger partial charge in [0, 0.05) is 0 Å². The summed E-state index contributed by atoms with van der Waals surface area (Å²) in [5, 5.41) is 0.